The van der Waals surface area contributed by atoms with Crippen LogP contribution in [0.2, 0.25) is 0 Å². The van der Waals surface area contributed by atoms with Crippen LogP contribution in [0, 0.1) is 0 Å². The molecule has 116 valence electrons. The highest BCUT2D eigenvalue weighted by molar-refractivity contribution is 7.85. The van der Waals surface area contributed by atoms with Crippen molar-refractivity contribution in [3.8, 4) is 11.5 Å². The Balaban J connectivity index is 1.89. The van der Waals surface area contributed by atoms with Gasteiger partial charge in [0, 0.05) is 22.8 Å². The molecule has 2 heterocycles. The molecule has 0 saturated carbocycles. The van der Waals surface area contributed by atoms with E-state index in [1.165, 1.54) is 24.9 Å². The number of ether oxygens (including phenoxy) is 2. The molecule has 3 rings (SSSR count). The van der Waals surface area contributed by atoms with E-state index in [0.29, 0.717) is 17.7 Å². The van der Waals surface area contributed by atoms with E-state index >= 15 is 0 Å². The molecule has 1 fully saturated rings. The van der Waals surface area contributed by atoms with Crippen LogP contribution >= 0.6 is 0 Å². The van der Waals surface area contributed by atoms with Gasteiger partial charge in [0.15, 0.2) is 11.5 Å². The molecule has 0 radical (unpaired) electrons. The minimum atomic E-state index is -0.915. The molecule has 2 unspecified atom stereocenters. The van der Waals surface area contributed by atoms with Crippen molar-refractivity contribution in [3.05, 3.63) is 17.7 Å². The molecule has 21 heavy (non-hydrogen) atoms. The zero-order valence-electron chi connectivity index (χ0n) is 12.9. The van der Waals surface area contributed by atoms with Gasteiger partial charge in [0.1, 0.15) is 0 Å². The monoisotopic (exact) mass is 309 g/mol. The first-order valence-electron chi connectivity index (χ1n) is 7.48. The first kappa shape index (κ1) is 14.9. The summed E-state index contributed by atoms with van der Waals surface area (Å²) in [5, 5.41) is 0. The van der Waals surface area contributed by atoms with Crippen molar-refractivity contribution in [2.24, 2.45) is 0 Å². The van der Waals surface area contributed by atoms with Crippen LogP contribution in [0.15, 0.2) is 17.0 Å². The fraction of sp³-hybridized carbons (Fsp3) is 0.625. The minimum Gasteiger partial charge on any atom is -0.493 e. The third kappa shape index (κ3) is 2.69. The van der Waals surface area contributed by atoms with Crippen LogP contribution in [0.1, 0.15) is 30.7 Å². The van der Waals surface area contributed by atoms with E-state index in [9.17, 15) is 4.21 Å². The number of nitrogens with zero attached hydrogens (tertiary/aromatic N) is 1. The third-order valence-electron chi connectivity index (χ3n) is 4.78. The Hall–Kier alpha value is -1.07. The minimum absolute atomic E-state index is 0.367. The molecular weight excluding hydrogens is 286 g/mol. The van der Waals surface area contributed by atoms with E-state index in [1.54, 1.807) is 14.2 Å². The summed E-state index contributed by atoms with van der Waals surface area (Å²) in [4.78, 5) is 3.36. The summed E-state index contributed by atoms with van der Waals surface area (Å²) in [6, 6.07) is 4.53. The molecule has 0 spiro atoms. The fourth-order valence-corrected chi connectivity index (χ4v) is 5.14. The summed E-state index contributed by atoms with van der Waals surface area (Å²) in [6.07, 6.45) is 3.61. The van der Waals surface area contributed by atoms with E-state index in [1.807, 2.05) is 12.1 Å². The number of hydrogen-bond donors (Lipinski definition) is 0. The van der Waals surface area contributed by atoms with Crippen molar-refractivity contribution in [1.82, 2.24) is 4.90 Å². The highest BCUT2D eigenvalue weighted by Crippen LogP contribution is 2.43. The highest BCUT2D eigenvalue weighted by Gasteiger charge is 2.34. The smallest absolute Gasteiger partial charge is 0.161 e. The Morgan fingerprint density at radius 2 is 2.00 bits per heavy atom. The van der Waals surface area contributed by atoms with E-state index in [4.69, 9.17) is 9.47 Å². The van der Waals surface area contributed by atoms with Gasteiger partial charge in [-0.05, 0) is 50.4 Å². The van der Waals surface area contributed by atoms with Gasteiger partial charge in [-0.2, -0.15) is 0 Å². The van der Waals surface area contributed by atoms with Crippen LogP contribution in [0.3, 0.4) is 0 Å². The quantitative estimate of drug-likeness (QED) is 0.856. The second-order valence-corrected chi connectivity index (χ2v) is 7.43. The molecule has 0 N–H and O–H groups in total. The Labute approximate surface area is 128 Å². The van der Waals surface area contributed by atoms with Crippen molar-refractivity contribution < 1.29 is 13.7 Å². The SMILES string of the molecule is COc1cc2c(cc1OC)S(=O)CC2C[C@H]1CCCN1C. The Morgan fingerprint density at radius 1 is 1.29 bits per heavy atom. The summed E-state index contributed by atoms with van der Waals surface area (Å²) in [6.45, 7) is 1.18. The zero-order valence-corrected chi connectivity index (χ0v) is 13.7. The van der Waals surface area contributed by atoms with Gasteiger partial charge in [0.2, 0.25) is 0 Å². The Morgan fingerprint density at radius 3 is 2.62 bits per heavy atom. The van der Waals surface area contributed by atoms with Crippen molar-refractivity contribution >= 4 is 10.8 Å². The van der Waals surface area contributed by atoms with E-state index in [-0.39, 0.29) is 0 Å². The van der Waals surface area contributed by atoms with Gasteiger partial charge in [-0.3, -0.25) is 4.21 Å². The number of likely N-dealkylation sites (tertiary alicyclic amines) is 1. The topological polar surface area (TPSA) is 38.8 Å². The number of hydrogen-bond acceptors (Lipinski definition) is 4. The average Bonchev–Trinajstić information content (AvgIpc) is 3.02. The van der Waals surface area contributed by atoms with Crippen molar-refractivity contribution in [2.75, 3.05) is 33.6 Å². The van der Waals surface area contributed by atoms with Crippen molar-refractivity contribution in [1.29, 1.82) is 0 Å². The number of methoxy groups -OCH3 is 2. The zero-order chi connectivity index (χ0) is 15.0. The Kier molecular flexibility index (Phi) is 4.22. The lowest BCUT2D eigenvalue weighted by Gasteiger charge is -2.23. The molecule has 2 aliphatic rings. The molecule has 2 aliphatic heterocycles. The molecule has 5 heteroatoms. The van der Waals surface area contributed by atoms with E-state index in [0.717, 1.165) is 22.8 Å². The fourth-order valence-electron chi connectivity index (χ4n) is 3.56. The molecule has 4 nitrogen and oxygen atoms in total. The van der Waals surface area contributed by atoms with Crippen LogP contribution in [0.4, 0.5) is 0 Å². The van der Waals surface area contributed by atoms with E-state index < -0.39 is 10.8 Å². The predicted octanol–water partition coefficient (Wildman–Crippen LogP) is 2.39. The molecule has 0 bridgehead atoms. The second kappa shape index (κ2) is 5.97. The van der Waals surface area contributed by atoms with Crippen LogP contribution in [0.25, 0.3) is 0 Å². The maximum atomic E-state index is 12.4. The van der Waals surface area contributed by atoms with Crippen molar-refractivity contribution in [2.45, 2.75) is 36.1 Å². The van der Waals surface area contributed by atoms with Crippen LogP contribution < -0.4 is 9.47 Å². The third-order valence-corrected chi connectivity index (χ3v) is 6.33. The summed E-state index contributed by atoms with van der Waals surface area (Å²) in [5.41, 5.74) is 1.19. The molecule has 0 aliphatic carbocycles. The lowest BCUT2D eigenvalue weighted by atomic mass is 9.92. The standard InChI is InChI=1S/C16H23NO3S/c1-17-6-4-5-12(17)7-11-10-21(18)16-9-15(20-3)14(19-2)8-13(11)16/h8-9,11-12H,4-7,10H2,1-3H3/t11?,12-,21?/m1/s1. The van der Waals surface area contributed by atoms with Gasteiger partial charge in [-0.25, -0.2) is 0 Å². The van der Waals surface area contributed by atoms with Gasteiger partial charge in [-0.15, -0.1) is 0 Å². The van der Waals surface area contributed by atoms with E-state index in [2.05, 4.69) is 11.9 Å². The van der Waals surface area contributed by atoms with Crippen LogP contribution in [0.5, 0.6) is 11.5 Å². The summed E-state index contributed by atoms with van der Waals surface area (Å²) in [7, 11) is 4.55. The summed E-state index contributed by atoms with van der Waals surface area (Å²) < 4.78 is 23.1. The molecule has 0 amide bonds. The summed E-state index contributed by atoms with van der Waals surface area (Å²) in [5.74, 6) is 2.50. The largest absolute Gasteiger partial charge is 0.493 e. The second-order valence-electron chi connectivity index (χ2n) is 5.97. The maximum absolute atomic E-state index is 12.4. The first-order chi connectivity index (χ1) is 10.1. The van der Waals surface area contributed by atoms with Gasteiger partial charge < -0.3 is 14.4 Å². The van der Waals surface area contributed by atoms with Crippen molar-refractivity contribution in [3.63, 3.8) is 0 Å². The lowest BCUT2D eigenvalue weighted by molar-refractivity contribution is 0.285. The van der Waals surface area contributed by atoms with Gasteiger partial charge in [0.05, 0.1) is 25.0 Å². The Bertz CT molecular complexity index is 561. The lowest BCUT2D eigenvalue weighted by Crippen LogP contribution is -2.27. The van der Waals surface area contributed by atoms with Gasteiger partial charge in [-0.1, -0.05) is 0 Å². The molecule has 0 aromatic heterocycles. The van der Waals surface area contributed by atoms with Crippen LogP contribution in [-0.4, -0.2) is 48.7 Å². The number of fused-ring (bicyclic) bond motifs is 1. The van der Waals surface area contributed by atoms with Gasteiger partial charge in [0.25, 0.3) is 0 Å². The molecule has 1 aromatic carbocycles. The summed E-state index contributed by atoms with van der Waals surface area (Å²) >= 11 is 0. The van der Waals surface area contributed by atoms with Crippen LogP contribution in [-0.2, 0) is 10.8 Å². The number of benzene rings is 1. The average molecular weight is 309 g/mol. The number of rotatable bonds is 4. The van der Waals surface area contributed by atoms with Gasteiger partial charge >= 0.3 is 0 Å². The molecule has 3 atom stereocenters. The maximum Gasteiger partial charge on any atom is 0.161 e. The predicted molar refractivity (Wildman–Crippen MR) is 83.8 cm³/mol. The molecule has 1 saturated heterocycles. The highest BCUT2D eigenvalue weighted by atomic mass is 32.2. The molecule has 1 aromatic rings. The normalized spacial score (nSPS) is 28.6. The molecular formula is C16H23NO3S. The first-order valence-corrected chi connectivity index (χ1v) is 8.80.